The maximum absolute atomic E-state index is 13.2. The first-order valence-corrected chi connectivity index (χ1v) is 8.73. The van der Waals surface area contributed by atoms with Gasteiger partial charge in [0, 0.05) is 30.7 Å². The fourth-order valence-electron chi connectivity index (χ4n) is 3.05. The number of rotatable bonds is 5. The van der Waals surface area contributed by atoms with E-state index in [-0.39, 0.29) is 5.82 Å². The fraction of sp³-hybridized carbons (Fsp3) is 0.143. The Labute approximate surface area is 161 Å². The summed E-state index contributed by atoms with van der Waals surface area (Å²) in [5.74, 6) is 0.927. The summed E-state index contributed by atoms with van der Waals surface area (Å²) < 4.78 is 18.6. The molecule has 2 heterocycles. The number of halogens is 1. The van der Waals surface area contributed by atoms with Gasteiger partial charge in [-0.15, -0.1) is 5.10 Å². The van der Waals surface area contributed by atoms with Crippen molar-refractivity contribution in [1.29, 1.82) is 0 Å². The number of hydrogen-bond acceptors (Lipinski definition) is 6. The topological polar surface area (TPSA) is 64.0 Å². The molecule has 2 aromatic heterocycles. The van der Waals surface area contributed by atoms with E-state index < -0.39 is 0 Å². The average molecular weight is 375 g/mol. The summed E-state index contributed by atoms with van der Waals surface area (Å²) in [7, 11) is 3.54. The van der Waals surface area contributed by atoms with Crippen molar-refractivity contribution in [2.24, 2.45) is 0 Å². The van der Waals surface area contributed by atoms with Gasteiger partial charge in [-0.3, -0.25) is 4.98 Å². The van der Waals surface area contributed by atoms with Gasteiger partial charge in [0.1, 0.15) is 17.1 Å². The Morgan fingerprint density at radius 3 is 2.68 bits per heavy atom. The van der Waals surface area contributed by atoms with E-state index in [2.05, 4.69) is 20.2 Å². The molecule has 0 aliphatic carbocycles. The van der Waals surface area contributed by atoms with Crippen LogP contribution in [0, 0.1) is 5.82 Å². The maximum atomic E-state index is 13.2. The van der Waals surface area contributed by atoms with Crippen LogP contribution in [0.3, 0.4) is 0 Å². The number of anilines is 1. The van der Waals surface area contributed by atoms with Gasteiger partial charge in [0.15, 0.2) is 0 Å². The quantitative estimate of drug-likeness (QED) is 0.528. The molecule has 0 atom stereocenters. The molecule has 0 amide bonds. The van der Waals surface area contributed by atoms with Crippen LogP contribution in [0.5, 0.6) is 5.75 Å². The van der Waals surface area contributed by atoms with Gasteiger partial charge in [-0.05, 0) is 42.0 Å². The lowest BCUT2D eigenvalue weighted by molar-refractivity contribution is 0.419. The minimum atomic E-state index is -0.289. The largest absolute Gasteiger partial charge is 0.494 e. The molecule has 0 N–H and O–H groups in total. The molecule has 28 heavy (non-hydrogen) atoms. The number of pyridine rings is 1. The molecule has 0 aliphatic heterocycles. The molecule has 0 unspecified atom stereocenters. The van der Waals surface area contributed by atoms with E-state index in [0.29, 0.717) is 18.2 Å². The number of aromatic nitrogens is 4. The molecule has 0 fully saturated rings. The molecule has 2 aromatic carbocycles. The van der Waals surface area contributed by atoms with Crippen LogP contribution in [0.2, 0.25) is 0 Å². The van der Waals surface area contributed by atoms with Crippen molar-refractivity contribution in [3.63, 3.8) is 0 Å². The zero-order valence-electron chi connectivity index (χ0n) is 15.5. The minimum Gasteiger partial charge on any atom is -0.494 e. The van der Waals surface area contributed by atoms with Crippen LogP contribution >= 0.6 is 0 Å². The van der Waals surface area contributed by atoms with Crippen molar-refractivity contribution >= 4 is 16.9 Å². The van der Waals surface area contributed by atoms with Crippen LogP contribution in [0.15, 0.2) is 60.9 Å². The zero-order chi connectivity index (χ0) is 19.5. The molecule has 4 rings (SSSR count). The van der Waals surface area contributed by atoms with Gasteiger partial charge >= 0.3 is 0 Å². The summed E-state index contributed by atoms with van der Waals surface area (Å²) in [6, 6.07) is 14.0. The minimum absolute atomic E-state index is 0.289. The van der Waals surface area contributed by atoms with Crippen molar-refractivity contribution in [1.82, 2.24) is 20.2 Å². The van der Waals surface area contributed by atoms with Gasteiger partial charge in [-0.1, -0.05) is 12.1 Å². The van der Waals surface area contributed by atoms with Crippen LogP contribution in [0.1, 0.15) is 5.56 Å². The van der Waals surface area contributed by atoms with Crippen LogP contribution in [-0.4, -0.2) is 34.3 Å². The number of ether oxygens (including phenoxy) is 1. The highest BCUT2D eigenvalue weighted by Gasteiger charge is 2.12. The number of benzene rings is 2. The van der Waals surface area contributed by atoms with E-state index in [0.717, 1.165) is 27.8 Å². The number of hydrogen-bond donors (Lipinski definition) is 0. The highest BCUT2D eigenvalue weighted by Crippen LogP contribution is 2.27. The summed E-state index contributed by atoms with van der Waals surface area (Å²) in [5.41, 5.74) is 3.31. The summed E-state index contributed by atoms with van der Waals surface area (Å²) in [4.78, 5) is 10.9. The van der Waals surface area contributed by atoms with Gasteiger partial charge in [0.05, 0.1) is 19.0 Å². The number of methoxy groups -OCH3 is 1. The second kappa shape index (κ2) is 7.56. The molecule has 0 aliphatic rings. The number of nitrogens with zero attached hydrogens (tertiary/aromatic N) is 5. The third kappa shape index (κ3) is 3.46. The van der Waals surface area contributed by atoms with Gasteiger partial charge in [-0.2, -0.15) is 5.10 Å². The Balaban J connectivity index is 1.64. The fourth-order valence-corrected chi connectivity index (χ4v) is 3.05. The van der Waals surface area contributed by atoms with Crippen molar-refractivity contribution < 1.29 is 9.13 Å². The first-order valence-electron chi connectivity index (χ1n) is 8.73. The molecular weight excluding hydrogens is 357 g/mol. The summed E-state index contributed by atoms with van der Waals surface area (Å²) >= 11 is 0. The lowest BCUT2D eigenvalue weighted by Gasteiger charge is -2.18. The zero-order valence-corrected chi connectivity index (χ0v) is 15.5. The standard InChI is InChI=1S/C21H18FN5O/c1-27(13-15-7-10-19(28-2)20-17(15)4-3-11-23-20)21-25-18(12-24-26-21)14-5-8-16(22)9-6-14/h3-12H,13H2,1-2H3. The first-order chi connectivity index (χ1) is 13.7. The highest BCUT2D eigenvalue weighted by molar-refractivity contribution is 5.87. The molecule has 0 spiro atoms. The van der Waals surface area contributed by atoms with Gasteiger partial charge in [-0.25, -0.2) is 9.37 Å². The van der Waals surface area contributed by atoms with Crippen LogP contribution in [0.4, 0.5) is 10.3 Å². The van der Waals surface area contributed by atoms with Crippen molar-refractivity contribution in [3.05, 3.63) is 72.3 Å². The normalized spacial score (nSPS) is 10.8. The van der Waals surface area contributed by atoms with Crippen molar-refractivity contribution in [2.75, 3.05) is 19.1 Å². The number of fused-ring (bicyclic) bond motifs is 1. The molecule has 140 valence electrons. The summed E-state index contributed by atoms with van der Waals surface area (Å²) in [5, 5.41) is 9.21. The highest BCUT2D eigenvalue weighted by atomic mass is 19.1. The molecule has 6 nitrogen and oxygen atoms in total. The molecular formula is C21H18FN5O. The molecule has 0 radical (unpaired) electrons. The SMILES string of the molecule is COc1ccc(CN(C)c2nncc(-c3ccc(F)cc3)n2)c2cccnc12. The predicted molar refractivity (Wildman–Crippen MR) is 106 cm³/mol. The molecule has 4 aromatic rings. The third-order valence-corrected chi connectivity index (χ3v) is 4.48. The van der Waals surface area contributed by atoms with Crippen molar-refractivity contribution in [3.8, 4) is 17.0 Å². The molecule has 0 saturated heterocycles. The summed E-state index contributed by atoms with van der Waals surface area (Å²) in [6.07, 6.45) is 3.31. The van der Waals surface area contributed by atoms with E-state index in [4.69, 9.17) is 4.74 Å². The van der Waals surface area contributed by atoms with Crippen molar-refractivity contribution in [2.45, 2.75) is 6.54 Å². The van der Waals surface area contributed by atoms with E-state index in [1.54, 1.807) is 31.6 Å². The Kier molecular flexibility index (Phi) is 4.80. The average Bonchev–Trinajstić information content (AvgIpc) is 2.74. The third-order valence-electron chi connectivity index (χ3n) is 4.48. The monoisotopic (exact) mass is 375 g/mol. The Morgan fingerprint density at radius 1 is 1.07 bits per heavy atom. The predicted octanol–water partition coefficient (Wildman–Crippen LogP) is 3.87. The van der Waals surface area contributed by atoms with Gasteiger partial charge in [0.2, 0.25) is 5.95 Å². The second-order valence-electron chi connectivity index (χ2n) is 6.33. The van der Waals surface area contributed by atoms with Gasteiger partial charge in [0.25, 0.3) is 0 Å². The first kappa shape index (κ1) is 17.8. The van der Waals surface area contributed by atoms with E-state index in [1.807, 2.05) is 36.2 Å². The van der Waals surface area contributed by atoms with Crippen LogP contribution in [-0.2, 0) is 6.54 Å². The smallest absolute Gasteiger partial charge is 0.245 e. The van der Waals surface area contributed by atoms with Crippen LogP contribution in [0.25, 0.3) is 22.2 Å². The summed E-state index contributed by atoms with van der Waals surface area (Å²) in [6.45, 7) is 0.570. The lowest BCUT2D eigenvalue weighted by Crippen LogP contribution is -2.20. The Hall–Kier alpha value is -3.61. The van der Waals surface area contributed by atoms with E-state index in [1.165, 1.54) is 12.1 Å². The maximum Gasteiger partial charge on any atom is 0.245 e. The Morgan fingerprint density at radius 2 is 1.89 bits per heavy atom. The lowest BCUT2D eigenvalue weighted by atomic mass is 10.1. The van der Waals surface area contributed by atoms with Crippen LogP contribution < -0.4 is 9.64 Å². The van der Waals surface area contributed by atoms with E-state index >= 15 is 0 Å². The molecule has 0 saturated carbocycles. The second-order valence-corrected chi connectivity index (χ2v) is 6.33. The van der Waals surface area contributed by atoms with Gasteiger partial charge < -0.3 is 9.64 Å². The molecule has 0 bridgehead atoms. The van der Waals surface area contributed by atoms with E-state index in [9.17, 15) is 4.39 Å². The molecule has 7 heteroatoms. The Bertz CT molecular complexity index is 1120.